The number of nitrogens with two attached hydrogens (primary N) is 1. The molecular weight excluding hydrogens is 230 g/mol. The summed E-state index contributed by atoms with van der Waals surface area (Å²) in [5, 5.41) is 7.64. The van der Waals surface area contributed by atoms with Crippen molar-refractivity contribution in [3.63, 3.8) is 0 Å². The Labute approximate surface area is 108 Å². The third-order valence-electron chi connectivity index (χ3n) is 3.19. The van der Waals surface area contributed by atoms with Gasteiger partial charge in [-0.15, -0.1) is 10.2 Å². The van der Waals surface area contributed by atoms with Gasteiger partial charge in [0.25, 0.3) is 5.91 Å². The molecule has 0 aromatic carbocycles. The first-order valence-corrected chi connectivity index (χ1v) is 5.85. The molecule has 1 amide bonds. The van der Waals surface area contributed by atoms with Gasteiger partial charge >= 0.3 is 0 Å². The van der Waals surface area contributed by atoms with E-state index in [1.54, 1.807) is 24.1 Å². The minimum atomic E-state index is -0.145. The number of carbonyl (C=O) groups excluding carboxylic acids is 1. The van der Waals surface area contributed by atoms with Crippen molar-refractivity contribution in [1.82, 2.24) is 15.1 Å². The first-order chi connectivity index (χ1) is 8.27. The first kappa shape index (κ1) is 14.4. The van der Waals surface area contributed by atoms with Crippen molar-refractivity contribution < 1.29 is 4.79 Å². The molecule has 100 valence electrons. The number of nitrogens with zero attached hydrogens (tertiary/aromatic N) is 3. The molecular formula is C12H21N5O. The van der Waals surface area contributed by atoms with Crippen molar-refractivity contribution in [3.05, 3.63) is 17.8 Å². The summed E-state index contributed by atoms with van der Waals surface area (Å²) >= 11 is 0. The Bertz CT molecular complexity index is 409. The molecule has 0 aliphatic heterocycles. The largest absolute Gasteiger partial charge is 0.337 e. The van der Waals surface area contributed by atoms with Crippen LogP contribution < -0.4 is 11.3 Å². The van der Waals surface area contributed by atoms with E-state index in [4.69, 9.17) is 5.84 Å². The van der Waals surface area contributed by atoms with E-state index < -0.39 is 0 Å². The Hall–Kier alpha value is -1.69. The maximum absolute atomic E-state index is 12.2. The second-order valence-corrected chi connectivity index (χ2v) is 5.41. The summed E-state index contributed by atoms with van der Waals surface area (Å²) in [7, 11) is 1.77. The van der Waals surface area contributed by atoms with Gasteiger partial charge in [0.05, 0.1) is 0 Å². The van der Waals surface area contributed by atoms with Crippen LogP contribution >= 0.6 is 0 Å². The highest BCUT2D eigenvalue weighted by Gasteiger charge is 2.28. The van der Waals surface area contributed by atoms with Crippen molar-refractivity contribution in [2.24, 2.45) is 11.3 Å². The van der Waals surface area contributed by atoms with Crippen LogP contribution in [0.2, 0.25) is 0 Å². The number of nitrogens with one attached hydrogen (secondary N) is 1. The number of amides is 1. The van der Waals surface area contributed by atoms with Gasteiger partial charge in [-0.2, -0.15) is 0 Å². The molecule has 1 aromatic heterocycles. The number of hydrazine groups is 1. The van der Waals surface area contributed by atoms with E-state index in [0.717, 1.165) is 0 Å². The van der Waals surface area contributed by atoms with E-state index in [1.807, 2.05) is 6.92 Å². The molecule has 0 aliphatic carbocycles. The van der Waals surface area contributed by atoms with Crippen LogP contribution in [-0.4, -0.2) is 34.1 Å². The fraction of sp³-hybridized carbons (Fsp3) is 0.583. The van der Waals surface area contributed by atoms with E-state index in [1.165, 1.54) is 0 Å². The lowest BCUT2D eigenvalue weighted by Gasteiger charge is -2.35. The summed E-state index contributed by atoms with van der Waals surface area (Å²) in [6.07, 6.45) is 0. The fourth-order valence-corrected chi connectivity index (χ4v) is 1.46. The smallest absolute Gasteiger partial charge is 0.274 e. The van der Waals surface area contributed by atoms with Crippen LogP contribution in [0.5, 0.6) is 0 Å². The maximum Gasteiger partial charge on any atom is 0.274 e. The number of nitrogen functional groups attached to an aromatic ring is 1. The van der Waals surface area contributed by atoms with Crippen LogP contribution in [0.4, 0.5) is 5.82 Å². The predicted octanol–water partition coefficient (Wildman–Crippen LogP) is 1.27. The molecule has 3 N–H and O–H groups in total. The maximum atomic E-state index is 12.2. The standard InChI is InChI=1S/C12H21N5O/c1-8(12(2,3)4)17(5)11(18)9-6-7-10(14-13)16-15-9/h6-8H,13H2,1-5H3,(H,14,16). The van der Waals surface area contributed by atoms with Crippen molar-refractivity contribution in [1.29, 1.82) is 0 Å². The zero-order chi connectivity index (χ0) is 13.9. The van der Waals surface area contributed by atoms with Gasteiger partial charge in [0.2, 0.25) is 0 Å². The lowest BCUT2D eigenvalue weighted by atomic mass is 9.87. The van der Waals surface area contributed by atoms with Gasteiger partial charge < -0.3 is 10.3 Å². The molecule has 0 spiro atoms. The molecule has 18 heavy (non-hydrogen) atoms. The number of hydrogen-bond donors (Lipinski definition) is 2. The number of carbonyl (C=O) groups is 1. The predicted molar refractivity (Wildman–Crippen MR) is 70.9 cm³/mol. The Balaban J connectivity index is 2.86. The Kier molecular flexibility index (Phi) is 4.24. The molecule has 1 unspecified atom stereocenters. The molecule has 0 saturated carbocycles. The molecule has 1 rings (SSSR count). The summed E-state index contributed by atoms with van der Waals surface area (Å²) in [6.45, 7) is 8.29. The van der Waals surface area contributed by atoms with Gasteiger partial charge in [0, 0.05) is 13.1 Å². The molecule has 0 saturated heterocycles. The highest BCUT2D eigenvalue weighted by atomic mass is 16.2. The molecule has 6 nitrogen and oxygen atoms in total. The average molecular weight is 251 g/mol. The summed E-state index contributed by atoms with van der Waals surface area (Å²) < 4.78 is 0. The number of aromatic nitrogens is 2. The van der Waals surface area contributed by atoms with Crippen molar-refractivity contribution in [2.75, 3.05) is 12.5 Å². The van der Waals surface area contributed by atoms with Crippen molar-refractivity contribution in [3.8, 4) is 0 Å². The van der Waals surface area contributed by atoms with Crippen LogP contribution in [0.15, 0.2) is 12.1 Å². The fourth-order valence-electron chi connectivity index (χ4n) is 1.46. The zero-order valence-electron chi connectivity index (χ0n) is 11.6. The quantitative estimate of drug-likeness (QED) is 0.624. The molecule has 6 heteroatoms. The van der Waals surface area contributed by atoms with Gasteiger partial charge in [-0.25, -0.2) is 5.84 Å². The molecule has 0 radical (unpaired) electrons. The van der Waals surface area contributed by atoms with Crippen LogP contribution in [-0.2, 0) is 0 Å². The Morgan fingerprint density at radius 3 is 2.39 bits per heavy atom. The van der Waals surface area contributed by atoms with Gasteiger partial charge in [-0.3, -0.25) is 4.79 Å². The number of hydrogen-bond acceptors (Lipinski definition) is 5. The van der Waals surface area contributed by atoms with Crippen molar-refractivity contribution >= 4 is 11.7 Å². The lowest BCUT2D eigenvalue weighted by molar-refractivity contribution is 0.0622. The molecule has 1 atom stereocenters. The monoisotopic (exact) mass is 251 g/mol. The summed E-state index contributed by atoms with van der Waals surface area (Å²) in [4.78, 5) is 13.9. The molecule has 1 aromatic rings. The van der Waals surface area contributed by atoms with Crippen LogP contribution in [0.1, 0.15) is 38.2 Å². The Morgan fingerprint density at radius 2 is 2.00 bits per heavy atom. The second-order valence-electron chi connectivity index (χ2n) is 5.41. The van der Waals surface area contributed by atoms with Crippen molar-refractivity contribution in [2.45, 2.75) is 33.7 Å². The van der Waals surface area contributed by atoms with Gasteiger partial charge in [-0.1, -0.05) is 20.8 Å². The summed E-state index contributed by atoms with van der Waals surface area (Å²) in [6, 6.07) is 3.32. The summed E-state index contributed by atoms with van der Waals surface area (Å²) in [5.41, 5.74) is 2.69. The lowest BCUT2D eigenvalue weighted by Crippen LogP contribution is -2.43. The second kappa shape index (κ2) is 5.30. The third kappa shape index (κ3) is 3.16. The van der Waals surface area contributed by atoms with E-state index in [2.05, 4.69) is 36.4 Å². The minimum Gasteiger partial charge on any atom is -0.337 e. The first-order valence-electron chi connectivity index (χ1n) is 5.85. The molecule has 0 bridgehead atoms. The van der Waals surface area contributed by atoms with Crippen LogP contribution in [0.3, 0.4) is 0 Å². The molecule has 0 fully saturated rings. The van der Waals surface area contributed by atoms with E-state index in [9.17, 15) is 4.79 Å². The highest BCUT2D eigenvalue weighted by Crippen LogP contribution is 2.23. The van der Waals surface area contributed by atoms with Crippen LogP contribution in [0, 0.1) is 5.41 Å². The minimum absolute atomic E-state index is 0.0105. The van der Waals surface area contributed by atoms with Gasteiger partial charge in [0.1, 0.15) is 0 Å². The van der Waals surface area contributed by atoms with E-state index in [-0.39, 0.29) is 17.4 Å². The van der Waals surface area contributed by atoms with E-state index >= 15 is 0 Å². The summed E-state index contributed by atoms with van der Waals surface area (Å²) in [5.74, 6) is 5.48. The average Bonchev–Trinajstić information content (AvgIpc) is 2.35. The molecule has 0 aliphatic rings. The van der Waals surface area contributed by atoms with Gasteiger partial charge in [0.15, 0.2) is 11.5 Å². The zero-order valence-corrected chi connectivity index (χ0v) is 11.6. The SMILES string of the molecule is CC(N(C)C(=O)c1ccc(NN)nn1)C(C)(C)C. The third-order valence-corrected chi connectivity index (χ3v) is 3.19. The van der Waals surface area contributed by atoms with E-state index in [0.29, 0.717) is 11.5 Å². The normalized spacial score (nSPS) is 13.0. The Morgan fingerprint density at radius 1 is 1.39 bits per heavy atom. The topological polar surface area (TPSA) is 84.1 Å². The number of anilines is 1. The number of rotatable bonds is 3. The molecule has 1 heterocycles. The van der Waals surface area contributed by atoms with Gasteiger partial charge in [-0.05, 0) is 24.5 Å². The highest BCUT2D eigenvalue weighted by molar-refractivity contribution is 5.92. The van der Waals surface area contributed by atoms with Crippen LogP contribution in [0.25, 0.3) is 0 Å².